The third kappa shape index (κ3) is 24.7. The van der Waals surface area contributed by atoms with Gasteiger partial charge in [0.05, 0.1) is 11.2 Å². The molecule has 0 amide bonds. The van der Waals surface area contributed by atoms with Gasteiger partial charge in [-0.15, -0.1) is 0 Å². The third-order valence-electron chi connectivity index (χ3n) is 7.72. The summed E-state index contributed by atoms with van der Waals surface area (Å²) in [4.78, 5) is 0. The lowest BCUT2D eigenvalue weighted by Gasteiger charge is -2.20. The van der Waals surface area contributed by atoms with Gasteiger partial charge < -0.3 is 9.47 Å². The fourth-order valence-corrected chi connectivity index (χ4v) is 4.08. The van der Waals surface area contributed by atoms with Crippen LogP contribution in [0.3, 0.4) is 0 Å². The van der Waals surface area contributed by atoms with Gasteiger partial charge in [-0.1, -0.05) is 119 Å². The SMILES string of the molecule is COC(C)(C)C/C=C/C(C)=C/CC/C(C)=C/C=C/C(C)=C/C=C/C=C(\C)CC/C=C(\C)CC/C=C(C)/C=C/CC(C)(C)OC. The number of allylic oxidation sites excluding steroid dienone is 18. The van der Waals surface area contributed by atoms with Crippen molar-refractivity contribution in [3.8, 4) is 0 Å². The average molecular weight is 603 g/mol. The van der Waals surface area contributed by atoms with Crippen LogP contribution in [0.2, 0.25) is 0 Å². The lowest BCUT2D eigenvalue weighted by molar-refractivity contribution is 0.0252. The van der Waals surface area contributed by atoms with Crippen molar-refractivity contribution in [2.75, 3.05) is 14.2 Å². The van der Waals surface area contributed by atoms with Gasteiger partial charge in [-0.2, -0.15) is 0 Å². The summed E-state index contributed by atoms with van der Waals surface area (Å²) in [5, 5.41) is 0. The van der Waals surface area contributed by atoms with E-state index in [4.69, 9.17) is 9.47 Å². The van der Waals surface area contributed by atoms with E-state index in [0.717, 1.165) is 51.4 Å². The molecule has 0 heterocycles. The minimum absolute atomic E-state index is 0.0958. The molecule has 0 N–H and O–H groups in total. The Balaban J connectivity index is 4.49. The third-order valence-corrected chi connectivity index (χ3v) is 7.72. The fourth-order valence-electron chi connectivity index (χ4n) is 4.08. The lowest BCUT2D eigenvalue weighted by atomic mass is 10.0. The molecule has 2 nitrogen and oxygen atoms in total. The second-order valence-corrected chi connectivity index (χ2v) is 13.4. The molecule has 0 spiro atoms. The Morgan fingerprint density at radius 1 is 0.477 bits per heavy atom. The second kappa shape index (κ2) is 23.7. The summed E-state index contributed by atoms with van der Waals surface area (Å²) >= 11 is 0. The van der Waals surface area contributed by atoms with Crippen molar-refractivity contribution in [3.05, 3.63) is 119 Å². The van der Waals surface area contributed by atoms with Gasteiger partial charge in [0.15, 0.2) is 0 Å². The first-order valence-electron chi connectivity index (χ1n) is 16.5. The molecule has 0 aromatic carbocycles. The van der Waals surface area contributed by atoms with Crippen molar-refractivity contribution in [3.63, 3.8) is 0 Å². The maximum Gasteiger partial charge on any atom is 0.0657 e. The van der Waals surface area contributed by atoms with Crippen molar-refractivity contribution < 1.29 is 9.47 Å². The molecule has 0 aromatic rings. The minimum atomic E-state index is -0.101. The van der Waals surface area contributed by atoms with Crippen molar-refractivity contribution in [1.29, 1.82) is 0 Å². The molecule has 44 heavy (non-hydrogen) atoms. The van der Waals surface area contributed by atoms with Crippen LogP contribution in [0, 0.1) is 0 Å². The van der Waals surface area contributed by atoms with Crippen molar-refractivity contribution >= 4 is 0 Å². The van der Waals surface area contributed by atoms with E-state index >= 15 is 0 Å². The smallest absolute Gasteiger partial charge is 0.0657 e. The Labute approximate surface area is 273 Å². The molecule has 246 valence electrons. The average Bonchev–Trinajstić information content (AvgIpc) is 2.95. The summed E-state index contributed by atoms with van der Waals surface area (Å²) in [7, 11) is 3.54. The van der Waals surface area contributed by atoms with Gasteiger partial charge in [0, 0.05) is 14.2 Å². The Morgan fingerprint density at radius 3 is 1.36 bits per heavy atom. The van der Waals surface area contributed by atoms with Gasteiger partial charge in [0.2, 0.25) is 0 Å². The van der Waals surface area contributed by atoms with Crippen LogP contribution < -0.4 is 0 Å². The van der Waals surface area contributed by atoms with Crippen LogP contribution in [-0.2, 0) is 9.47 Å². The number of rotatable bonds is 21. The Hall–Kier alpha value is -2.68. The van der Waals surface area contributed by atoms with Crippen molar-refractivity contribution in [1.82, 2.24) is 0 Å². The quantitative estimate of drug-likeness (QED) is 0.0961. The molecule has 0 saturated carbocycles. The molecule has 0 aliphatic carbocycles. The highest BCUT2D eigenvalue weighted by molar-refractivity contribution is 5.27. The predicted molar refractivity (Wildman–Crippen MR) is 198 cm³/mol. The normalized spacial score (nSPS) is 15.7. The van der Waals surface area contributed by atoms with Gasteiger partial charge in [-0.05, 0) is 121 Å². The monoisotopic (exact) mass is 603 g/mol. The summed E-state index contributed by atoms with van der Waals surface area (Å²) in [6, 6.07) is 0. The van der Waals surface area contributed by atoms with E-state index in [1.165, 1.54) is 33.4 Å². The highest BCUT2D eigenvalue weighted by atomic mass is 16.5. The number of hydrogen-bond acceptors (Lipinski definition) is 2. The molecule has 0 unspecified atom stereocenters. The zero-order valence-corrected chi connectivity index (χ0v) is 30.6. The minimum Gasteiger partial charge on any atom is -0.378 e. The highest BCUT2D eigenvalue weighted by Gasteiger charge is 2.13. The van der Waals surface area contributed by atoms with Gasteiger partial charge in [-0.3, -0.25) is 0 Å². The summed E-state index contributed by atoms with van der Waals surface area (Å²) in [6.45, 7) is 21.6. The van der Waals surface area contributed by atoms with Gasteiger partial charge in [0.25, 0.3) is 0 Å². The molecule has 0 rings (SSSR count). The largest absolute Gasteiger partial charge is 0.378 e. The van der Waals surface area contributed by atoms with Crippen LogP contribution in [0.4, 0.5) is 0 Å². The van der Waals surface area contributed by atoms with Crippen molar-refractivity contribution in [2.45, 2.75) is 132 Å². The van der Waals surface area contributed by atoms with Gasteiger partial charge in [0.1, 0.15) is 0 Å². The van der Waals surface area contributed by atoms with E-state index in [-0.39, 0.29) is 11.2 Å². The highest BCUT2D eigenvalue weighted by Crippen LogP contribution is 2.16. The van der Waals surface area contributed by atoms with E-state index in [1.54, 1.807) is 14.2 Å². The Morgan fingerprint density at radius 2 is 0.886 bits per heavy atom. The summed E-state index contributed by atoms with van der Waals surface area (Å²) in [6.07, 6.45) is 39.5. The first kappa shape index (κ1) is 41.3. The number of methoxy groups -OCH3 is 2. The fraction of sp³-hybridized carbons (Fsp3) is 0.524. The summed E-state index contributed by atoms with van der Waals surface area (Å²) in [5.41, 5.74) is 7.95. The standard InChI is InChI=1S/C42H66O2/c1-35(23-15-25-37(3)27-17-29-39(5)31-19-33-41(7,8)43-11)21-13-14-22-36(2)24-16-26-38(4)28-18-30-40(6)32-20-34-42(9,10)44-12/h13-15,19-23,25-26,29-32H,16-18,24,27-28,33-34H2,1-12H3/b14-13+,23-15+,31-19+,32-20+,35-21+,36-22+,37-25+,38-26+,39-29+,40-30+. The van der Waals surface area contributed by atoms with E-state index in [2.05, 4.69) is 154 Å². The zero-order chi connectivity index (χ0) is 33.4. The predicted octanol–water partition coefficient (Wildman–Crippen LogP) is 12.9. The second-order valence-electron chi connectivity index (χ2n) is 13.4. The molecular formula is C42H66O2. The molecule has 2 heteroatoms. The molecule has 0 aliphatic heterocycles. The summed E-state index contributed by atoms with van der Waals surface area (Å²) < 4.78 is 10.9. The molecule has 0 aliphatic rings. The van der Waals surface area contributed by atoms with Crippen LogP contribution in [0.15, 0.2) is 119 Å². The van der Waals surface area contributed by atoms with Crippen molar-refractivity contribution in [2.24, 2.45) is 0 Å². The zero-order valence-electron chi connectivity index (χ0n) is 30.6. The lowest BCUT2D eigenvalue weighted by Crippen LogP contribution is -2.20. The van der Waals surface area contributed by atoms with E-state index < -0.39 is 0 Å². The maximum absolute atomic E-state index is 5.47. The van der Waals surface area contributed by atoms with E-state index in [1.807, 2.05) is 0 Å². The van der Waals surface area contributed by atoms with Crippen LogP contribution in [0.5, 0.6) is 0 Å². The van der Waals surface area contributed by atoms with Crippen LogP contribution in [0.1, 0.15) is 121 Å². The molecule has 0 radical (unpaired) electrons. The number of hydrogen-bond donors (Lipinski definition) is 0. The molecule has 0 atom stereocenters. The summed E-state index contributed by atoms with van der Waals surface area (Å²) in [5.74, 6) is 0. The van der Waals surface area contributed by atoms with Gasteiger partial charge >= 0.3 is 0 Å². The first-order valence-corrected chi connectivity index (χ1v) is 16.5. The van der Waals surface area contributed by atoms with Crippen LogP contribution in [-0.4, -0.2) is 25.4 Å². The van der Waals surface area contributed by atoms with Crippen LogP contribution >= 0.6 is 0 Å². The molecule has 0 bridgehead atoms. The van der Waals surface area contributed by atoms with E-state index in [0.29, 0.717) is 0 Å². The molecule has 0 saturated heterocycles. The Bertz CT molecular complexity index is 1120. The molecule has 0 fully saturated rings. The van der Waals surface area contributed by atoms with E-state index in [9.17, 15) is 0 Å². The molecular weight excluding hydrogens is 536 g/mol. The topological polar surface area (TPSA) is 18.5 Å². The first-order chi connectivity index (χ1) is 20.7. The number of ether oxygens (including phenoxy) is 2. The Kier molecular flexibility index (Phi) is 22.2. The van der Waals surface area contributed by atoms with Gasteiger partial charge in [-0.25, -0.2) is 0 Å². The maximum atomic E-state index is 5.47. The van der Waals surface area contributed by atoms with Crippen LogP contribution in [0.25, 0.3) is 0 Å². The molecule has 0 aromatic heterocycles.